The molecule has 4 nitrogen and oxygen atoms in total. The third kappa shape index (κ3) is 3.38. The summed E-state index contributed by atoms with van der Waals surface area (Å²) in [4.78, 5) is 11.4. The second-order valence-corrected chi connectivity index (χ2v) is 6.56. The molecule has 128 valence electrons. The van der Waals surface area contributed by atoms with Crippen molar-refractivity contribution in [1.29, 1.82) is 0 Å². The Kier molecular flexibility index (Phi) is 4.18. The third-order valence-corrected chi connectivity index (χ3v) is 4.76. The van der Waals surface area contributed by atoms with E-state index in [0.29, 0.717) is 6.42 Å². The summed E-state index contributed by atoms with van der Waals surface area (Å²) in [6, 6.07) is 14.3. The molecule has 0 heterocycles. The third-order valence-electron chi connectivity index (χ3n) is 4.76. The maximum absolute atomic E-state index is 11.4. The molecule has 0 saturated carbocycles. The molecule has 0 aromatic heterocycles. The molecular weight excluding hydrogens is 314 g/mol. The lowest BCUT2D eigenvalue weighted by molar-refractivity contribution is -0.114. The van der Waals surface area contributed by atoms with E-state index in [9.17, 15) is 4.79 Å². The number of hydrogen-bond donors (Lipinski definition) is 1. The molecule has 4 rings (SSSR count). The van der Waals surface area contributed by atoms with Crippen LogP contribution in [0.5, 0.6) is 11.5 Å². The van der Waals surface area contributed by atoms with E-state index in [0.717, 1.165) is 30.0 Å². The van der Waals surface area contributed by atoms with Crippen LogP contribution in [0, 0.1) is 0 Å². The van der Waals surface area contributed by atoms with Gasteiger partial charge in [-0.25, -0.2) is 0 Å². The van der Waals surface area contributed by atoms with Crippen molar-refractivity contribution >= 4 is 11.5 Å². The molecule has 0 amide bonds. The van der Waals surface area contributed by atoms with E-state index in [4.69, 9.17) is 9.47 Å². The van der Waals surface area contributed by atoms with Crippen molar-refractivity contribution in [2.75, 3.05) is 12.4 Å². The molecule has 0 aliphatic heterocycles. The number of rotatable bonds is 5. The van der Waals surface area contributed by atoms with Gasteiger partial charge in [0.25, 0.3) is 0 Å². The Labute approximate surface area is 147 Å². The van der Waals surface area contributed by atoms with E-state index in [2.05, 4.69) is 29.6 Å². The van der Waals surface area contributed by atoms with Crippen LogP contribution in [0.4, 0.5) is 5.69 Å². The molecule has 2 aromatic carbocycles. The number of carbonyl (C=O) groups is 1. The lowest BCUT2D eigenvalue weighted by Gasteiger charge is -2.18. The first kappa shape index (κ1) is 15.8. The highest BCUT2D eigenvalue weighted by atomic mass is 16.5. The Morgan fingerprint density at radius 1 is 1.00 bits per heavy atom. The number of fused-ring (bicyclic) bond motifs is 1. The second-order valence-electron chi connectivity index (χ2n) is 6.56. The van der Waals surface area contributed by atoms with E-state index in [1.807, 2.05) is 24.3 Å². The average Bonchev–Trinajstić information content (AvgIpc) is 3.20. The van der Waals surface area contributed by atoms with Crippen LogP contribution >= 0.6 is 0 Å². The van der Waals surface area contributed by atoms with Crippen molar-refractivity contribution in [3.8, 4) is 11.5 Å². The minimum atomic E-state index is 0.0458. The molecule has 2 aliphatic carbocycles. The normalized spacial score (nSPS) is 19.1. The second kappa shape index (κ2) is 6.63. The smallest absolute Gasteiger partial charge is 0.163 e. The van der Waals surface area contributed by atoms with Crippen LogP contribution in [-0.2, 0) is 17.6 Å². The van der Waals surface area contributed by atoms with Gasteiger partial charge in [-0.05, 0) is 29.3 Å². The van der Waals surface area contributed by atoms with E-state index in [-0.39, 0.29) is 17.9 Å². The maximum atomic E-state index is 11.4. The molecule has 1 atom stereocenters. The quantitative estimate of drug-likeness (QED) is 0.908. The van der Waals surface area contributed by atoms with Crippen LogP contribution in [0.25, 0.3) is 0 Å². The Hall–Kier alpha value is -2.75. The number of nitrogens with one attached hydrogen (secondary N) is 1. The fraction of sp³-hybridized carbons (Fsp3) is 0.286. The zero-order chi connectivity index (χ0) is 17.2. The molecule has 25 heavy (non-hydrogen) atoms. The van der Waals surface area contributed by atoms with Crippen molar-refractivity contribution in [1.82, 2.24) is 0 Å². The standard InChI is InChI=1S/C21H21NO3/c1-24-20-9-7-17(22-16-6-8-18(23)12-16)13-21(20)25-19-10-14-4-2-3-5-15(14)11-19/h2-9,13,16,19,22H,10-12H2,1H3. The number of hydrogen-bond acceptors (Lipinski definition) is 4. The molecule has 2 aromatic rings. The summed E-state index contributed by atoms with van der Waals surface area (Å²) in [6.45, 7) is 0. The fourth-order valence-electron chi connectivity index (χ4n) is 3.53. The predicted molar refractivity (Wildman–Crippen MR) is 97.4 cm³/mol. The largest absolute Gasteiger partial charge is 0.493 e. The average molecular weight is 335 g/mol. The van der Waals surface area contributed by atoms with E-state index in [1.165, 1.54) is 11.1 Å². The van der Waals surface area contributed by atoms with Crippen molar-refractivity contribution in [3.63, 3.8) is 0 Å². The van der Waals surface area contributed by atoms with Gasteiger partial charge in [-0.15, -0.1) is 0 Å². The fourth-order valence-corrected chi connectivity index (χ4v) is 3.53. The van der Waals surface area contributed by atoms with Crippen LogP contribution in [0.3, 0.4) is 0 Å². The van der Waals surface area contributed by atoms with Gasteiger partial charge in [0.2, 0.25) is 0 Å². The molecular formula is C21H21NO3. The highest BCUT2D eigenvalue weighted by Gasteiger charge is 2.24. The summed E-state index contributed by atoms with van der Waals surface area (Å²) in [6.07, 6.45) is 5.98. The van der Waals surface area contributed by atoms with Gasteiger partial charge in [-0.2, -0.15) is 0 Å². The molecule has 1 N–H and O–H groups in total. The lowest BCUT2D eigenvalue weighted by Crippen LogP contribution is -2.18. The first-order valence-corrected chi connectivity index (χ1v) is 8.60. The Morgan fingerprint density at radius 2 is 1.76 bits per heavy atom. The van der Waals surface area contributed by atoms with Crippen molar-refractivity contribution in [2.45, 2.75) is 31.4 Å². The molecule has 2 aliphatic rings. The topological polar surface area (TPSA) is 47.6 Å². The number of carbonyl (C=O) groups excluding carboxylic acids is 1. The van der Waals surface area contributed by atoms with Crippen molar-refractivity contribution < 1.29 is 14.3 Å². The van der Waals surface area contributed by atoms with Crippen LogP contribution in [0.15, 0.2) is 54.6 Å². The zero-order valence-electron chi connectivity index (χ0n) is 14.2. The summed E-state index contributed by atoms with van der Waals surface area (Å²) < 4.78 is 11.7. The first-order chi connectivity index (χ1) is 12.2. The molecule has 0 fully saturated rings. The zero-order valence-corrected chi connectivity index (χ0v) is 14.2. The number of methoxy groups -OCH3 is 1. The predicted octanol–water partition coefficient (Wildman–Crippen LogP) is 3.55. The van der Waals surface area contributed by atoms with Gasteiger partial charge in [0.1, 0.15) is 6.10 Å². The highest BCUT2D eigenvalue weighted by molar-refractivity contribution is 5.93. The Bertz CT molecular complexity index is 803. The Morgan fingerprint density at radius 3 is 2.40 bits per heavy atom. The summed E-state index contributed by atoms with van der Waals surface area (Å²) >= 11 is 0. The van der Waals surface area contributed by atoms with E-state index < -0.39 is 0 Å². The van der Waals surface area contributed by atoms with Crippen molar-refractivity contribution in [3.05, 3.63) is 65.7 Å². The van der Waals surface area contributed by atoms with Gasteiger partial charge < -0.3 is 14.8 Å². The molecule has 4 heteroatoms. The summed E-state index contributed by atoms with van der Waals surface area (Å²) in [7, 11) is 1.65. The monoisotopic (exact) mass is 335 g/mol. The van der Waals surface area contributed by atoms with E-state index >= 15 is 0 Å². The maximum Gasteiger partial charge on any atom is 0.163 e. The molecule has 0 spiro atoms. The van der Waals surface area contributed by atoms with Crippen LogP contribution in [0.1, 0.15) is 17.5 Å². The minimum Gasteiger partial charge on any atom is -0.493 e. The van der Waals surface area contributed by atoms with Crippen LogP contribution < -0.4 is 14.8 Å². The van der Waals surface area contributed by atoms with Crippen LogP contribution in [0.2, 0.25) is 0 Å². The molecule has 1 unspecified atom stereocenters. The molecule has 0 bridgehead atoms. The SMILES string of the molecule is COc1ccc(NC2C=CC(=O)C2)cc1OC1Cc2ccccc2C1. The summed E-state index contributed by atoms with van der Waals surface area (Å²) in [5, 5.41) is 3.36. The molecule has 0 saturated heterocycles. The van der Waals surface area contributed by atoms with Crippen molar-refractivity contribution in [2.24, 2.45) is 0 Å². The lowest BCUT2D eigenvalue weighted by atomic mass is 10.1. The van der Waals surface area contributed by atoms with Crippen LogP contribution in [-0.4, -0.2) is 25.0 Å². The van der Waals surface area contributed by atoms with E-state index in [1.54, 1.807) is 13.2 Å². The van der Waals surface area contributed by atoms with Gasteiger partial charge in [0, 0.05) is 31.0 Å². The van der Waals surface area contributed by atoms with Gasteiger partial charge in [0.15, 0.2) is 17.3 Å². The highest BCUT2D eigenvalue weighted by Crippen LogP contribution is 2.34. The number of ketones is 1. The first-order valence-electron chi connectivity index (χ1n) is 8.60. The summed E-state index contributed by atoms with van der Waals surface area (Å²) in [5.41, 5.74) is 3.64. The number of allylic oxidation sites excluding steroid dienone is 1. The molecule has 0 radical (unpaired) electrons. The number of benzene rings is 2. The van der Waals surface area contributed by atoms with Gasteiger partial charge in [-0.1, -0.05) is 30.3 Å². The van der Waals surface area contributed by atoms with Gasteiger partial charge in [-0.3, -0.25) is 4.79 Å². The van der Waals surface area contributed by atoms with Gasteiger partial charge in [0.05, 0.1) is 13.2 Å². The number of anilines is 1. The van der Waals surface area contributed by atoms with Gasteiger partial charge >= 0.3 is 0 Å². The minimum absolute atomic E-state index is 0.0458. The number of ether oxygens (including phenoxy) is 2. The summed E-state index contributed by atoms with van der Waals surface area (Å²) in [5.74, 6) is 1.62. The Balaban J connectivity index is 1.49.